The largest absolute Gasteiger partial charge is 0.490 e. The van der Waals surface area contributed by atoms with Gasteiger partial charge in [-0.25, -0.2) is 9.59 Å². The van der Waals surface area contributed by atoms with Crippen molar-refractivity contribution < 1.29 is 43.5 Å². The molecule has 4 N–H and O–H groups in total. The minimum atomic E-state index is -0.966. The molecule has 0 fully saturated rings. The van der Waals surface area contributed by atoms with Crippen LogP contribution in [0.2, 0.25) is 0 Å². The highest BCUT2D eigenvalue weighted by Gasteiger charge is 2.30. The Balaban J connectivity index is 1.35. The summed E-state index contributed by atoms with van der Waals surface area (Å²) in [4.78, 5) is 42.5. The van der Waals surface area contributed by atoms with E-state index < -0.39 is 18.0 Å². The summed E-state index contributed by atoms with van der Waals surface area (Å²) in [6.45, 7) is 7.66. The monoisotopic (exact) mass is 704 g/mol. The number of amides is 3. The lowest BCUT2D eigenvalue weighted by Crippen LogP contribution is -2.47. The van der Waals surface area contributed by atoms with Gasteiger partial charge in [0.2, 0.25) is 6.79 Å². The zero-order chi connectivity index (χ0) is 36.5. The molecule has 2 aliphatic heterocycles. The number of carbonyl (C=O) groups is 3. The molecule has 0 saturated heterocycles. The number of anilines is 2. The van der Waals surface area contributed by atoms with E-state index in [0.717, 1.165) is 24.8 Å². The third kappa shape index (κ3) is 10.1. The van der Waals surface area contributed by atoms with Crippen LogP contribution in [0.25, 0.3) is 0 Å². The number of fused-ring (bicyclic) bond motifs is 2. The van der Waals surface area contributed by atoms with Crippen molar-refractivity contribution in [3.63, 3.8) is 0 Å². The van der Waals surface area contributed by atoms with Crippen molar-refractivity contribution in [3.05, 3.63) is 77.4 Å². The number of aliphatic hydroxyl groups is 1. The van der Waals surface area contributed by atoms with Crippen LogP contribution in [-0.2, 0) is 11.3 Å². The second-order valence-corrected chi connectivity index (χ2v) is 13.4. The molecule has 0 aromatic heterocycles. The van der Waals surface area contributed by atoms with Crippen LogP contribution in [0.4, 0.5) is 16.2 Å². The lowest BCUT2D eigenvalue weighted by molar-refractivity contribution is -0.0177. The molecule has 3 aromatic carbocycles. The first-order chi connectivity index (χ1) is 24.5. The Morgan fingerprint density at radius 3 is 2.35 bits per heavy atom. The smallest absolute Gasteiger partial charge is 0.335 e. The van der Waals surface area contributed by atoms with Crippen LogP contribution in [0.15, 0.2) is 60.7 Å². The molecule has 51 heavy (non-hydrogen) atoms. The highest BCUT2D eigenvalue weighted by atomic mass is 16.7. The van der Waals surface area contributed by atoms with Crippen molar-refractivity contribution in [2.75, 3.05) is 50.8 Å². The first-order valence-electron chi connectivity index (χ1n) is 17.3. The van der Waals surface area contributed by atoms with Crippen molar-refractivity contribution >= 4 is 29.3 Å². The van der Waals surface area contributed by atoms with Crippen molar-refractivity contribution in [1.82, 2.24) is 9.80 Å². The number of carbonyl (C=O) groups excluding carboxylic acids is 2. The number of benzene rings is 3. The number of aliphatic hydroxyl groups excluding tert-OH is 1. The number of rotatable bonds is 9. The number of nitrogens with zero attached hydrogens (tertiary/aromatic N) is 2. The molecule has 0 aliphatic carbocycles. The SMILES string of the molecule is C[C@H](CO)N1C[C@H](C)[C@H](CN(C)Cc2ccc(C(=O)O)cc2)OCCCC[C@H](C)Oc2ccc(NC(=O)Nc3ccc4c(c3)OCO4)cc2C1=O. The number of nitrogens with one attached hydrogen (secondary N) is 2. The molecule has 0 spiro atoms. The number of aromatic carboxylic acids is 1. The van der Waals surface area contributed by atoms with Gasteiger partial charge in [0.15, 0.2) is 11.5 Å². The Labute approximate surface area is 298 Å². The van der Waals surface area contributed by atoms with E-state index in [1.165, 1.54) is 0 Å². The fourth-order valence-corrected chi connectivity index (χ4v) is 6.17. The second-order valence-electron chi connectivity index (χ2n) is 13.4. The van der Waals surface area contributed by atoms with Crippen LogP contribution in [0.5, 0.6) is 17.2 Å². The van der Waals surface area contributed by atoms with Crippen LogP contribution in [0.3, 0.4) is 0 Å². The molecule has 13 nitrogen and oxygen atoms in total. The average molecular weight is 705 g/mol. The second kappa shape index (κ2) is 17.4. The summed E-state index contributed by atoms with van der Waals surface area (Å²) in [5, 5.41) is 25.1. The highest BCUT2D eigenvalue weighted by molar-refractivity contribution is 6.02. The van der Waals surface area contributed by atoms with Gasteiger partial charge in [0.05, 0.1) is 36.0 Å². The maximum absolute atomic E-state index is 14.4. The zero-order valence-corrected chi connectivity index (χ0v) is 29.6. The van der Waals surface area contributed by atoms with Gasteiger partial charge in [0.1, 0.15) is 5.75 Å². The lowest BCUT2D eigenvalue weighted by atomic mass is 10.0. The average Bonchev–Trinajstić information content (AvgIpc) is 3.57. The van der Waals surface area contributed by atoms with Crippen molar-refractivity contribution in [2.45, 2.75) is 64.8 Å². The minimum absolute atomic E-state index is 0.122. The highest BCUT2D eigenvalue weighted by Crippen LogP contribution is 2.34. The Bertz CT molecular complexity index is 1670. The summed E-state index contributed by atoms with van der Waals surface area (Å²) < 4.78 is 23.5. The number of ether oxygens (including phenoxy) is 4. The van der Waals surface area contributed by atoms with E-state index in [0.29, 0.717) is 54.9 Å². The molecular weight excluding hydrogens is 656 g/mol. The molecule has 4 atom stereocenters. The van der Waals surface area contributed by atoms with E-state index in [-0.39, 0.29) is 48.6 Å². The molecule has 0 saturated carbocycles. The van der Waals surface area contributed by atoms with Crippen molar-refractivity contribution in [1.29, 1.82) is 0 Å². The van der Waals surface area contributed by atoms with E-state index in [1.54, 1.807) is 60.4 Å². The molecule has 3 aromatic rings. The molecule has 0 bridgehead atoms. The maximum atomic E-state index is 14.4. The van der Waals surface area contributed by atoms with E-state index in [1.807, 2.05) is 33.0 Å². The first-order valence-corrected chi connectivity index (χ1v) is 17.3. The molecule has 5 rings (SSSR count). The summed E-state index contributed by atoms with van der Waals surface area (Å²) in [5.41, 5.74) is 2.38. The molecule has 13 heteroatoms. The fraction of sp³-hybridized carbons (Fsp3) is 0.447. The summed E-state index contributed by atoms with van der Waals surface area (Å²) in [6.07, 6.45) is 2.02. The number of hydrogen-bond donors (Lipinski definition) is 4. The third-order valence-electron chi connectivity index (χ3n) is 9.08. The predicted octanol–water partition coefficient (Wildman–Crippen LogP) is 5.69. The molecule has 274 valence electrons. The number of carboxylic acid groups (broad SMARTS) is 1. The van der Waals surface area contributed by atoms with Gasteiger partial charge < -0.3 is 44.7 Å². The predicted molar refractivity (Wildman–Crippen MR) is 192 cm³/mol. The van der Waals surface area contributed by atoms with Crippen LogP contribution in [0.1, 0.15) is 66.3 Å². The molecule has 0 radical (unpaired) electrons. The lowest BCUT2D eigenvalue weighted by Gasteiger charge is -2.36. The van der Waals surface area contributed by atoms with Gasteiger partial charge in [-0.05, 0) is 88.2 Å². The van der Waals surface area contributed by atoms with E-state index in [9.17, 15) is 24.6 Å². The van der Waals surface area contributed by atoms with Gasteiger partial charge in [-0.2, -0.15) is 0 Å². The fourth-order valence-electron chi connectivity index (χ4n) is 6.17. The summed E-state index contributed by atoms with van der Waals surface area (Å²) in [7, 11) is 1.98. The van der Waals surface area contributed by atoms with Crippen molar-refractivity contribution in [2.24, 2.45) is 5.92 Å². The minimum Gasteiger partial charge on any atom is -0.490 e. The molecule has 2 heterocycles. The van der Waals surface area contributed by atoms with E-state index in [4.69, 9.17) is 18.9 Å². The molecule has 3 amide bonds. The van der Waals surface area contributed by atoms with Gasteiger partial charge in [0, 0.05) is 49.6 Å². The summed E-state index contributed by atoms with van der Waals surface area (Å²) in [6, 6.07) is 15.9. The molecule has 0 unspecified atom stereocenters. The summed E-state index contributed by atoms with van der Waals surface area (Å²) >= 11 is 0. The van der Waals surface area contributed by atoms with Gasteiger partial charge in [-0.1, -0.05) is 19.1 Å². The number of carboxylic acids is 1. The van der Waals surface area contributed by atoms with Gasteiger partial charge in [0.25, 0.3) is 5.91 Å². The Morgan fingerprint density at radius 2 is 1.65 bits per heavy atom. The Morgan fingerprint density at radius 1 is 0.961 bits per heavy atom. The third-order valence-corrected chi connectivity index (χ3v) is 9.08. The van der Waals surface area contributed by atoms with E-state index >= 15 is 0 Å². The quantitative estimate of drug-likeness (QED) is 0.218. The van der Waals surface area contributed by atoms with Crippen LogP contribution >= 0.6 is 0 Å². The standard InChI is InChI=1S/C38H48N4O9/c1-24-19-42(25(2)22-43)36(44)31-17-29(39-38(47)40-30-13-15-33-34(18-30)50-23-49-33)12-14-32(31)51-26(3)7-5-6-16-48-35(24)21-41(4)20-27-8-10-28(11-9-27)37(45)46/h8-15,17-18,24-26,35,43H,5-7,16,19-23H2,1-4H3,(H,45,46)(H2,39,40,47)/t24-,25+,26-,35-/m0/s1. The zero-order valence-electron chi connectivity index (χ0n) is 29.6. The van der Waals surface area contributed by atoms with E-state index in [2.05, 4.69) is 15.5 Å². The van der Waals surface area contributed by atoms with Crippen LogP contribution in [0, 0.1) is 5.92 Å². The maximum Gasteiger partial charge on any atom is 0.335 e. The van der Waals surface area contributed by atoms with Gasteiger partial charge in [-0.15, -0.1) is 0 Å². The molecular formula is C38H48N4O9. The summed E-state index contributed by atoms with van der Waals surface area (Å²) in [5.74, 6) is 0.108. The number of urea groups is 1. The van der Waals surface area contributed by atoms with Gasteiger partial charge in [-0.3, -0.25) is 9.69 Å². The van der Waals surface area contributed by atoms with Crippen molar-refractivity contribution in [3.8, 4) is 17.2 Å². The number of likely N-dealkylation sites (N-methyl/N-ethyl adjacent to an activating group) is 1. The topological polar surface area (TPSA) is 159 Å². The normalized spacial score (nSPS) is 20.2. The Hall–Kier alpha value is -4.85. The van der Waals surface area contributed by atoms with Crippen LogP contribution < -0.4 is 24.8 Å². The molecule has 2 aliphatic rings. The number of hydrogen-bond acceptors (Lipinski definition) is 9. The Kier molecular flexibility index (Phi) is 12.8. The van der Waals surface area contributed by atoms with Crippen LogP contribution in [-0.4, -0.2) is 96.3 Å². The first kappa shape index (κ1) is 37.4. The van der Waals surface area contributed by atoms with Gasteiger partial charge >= 0.3 is 12.0 Å².